The van der Waals surface area contributed by atoms with Crippen LogP contribution in [0.25, 0.3) is 11.3 Å². The lowest BCUT2D eigenvalue weighted by atomic mass is 10.2. The molecule has 0 fully saturated rings. The highest BCUT2D eigenvalue weighted by atomic mass is 32.1. The monoisotopic (exact) mass is 312 g/mol. The van der Waals surface area contributed by atoms with Crippen LogP contribution in [0.2, 0.25) is 0 Å². The molecule has 0 aromatic carbocycles. The number of aromatic nitrogens is 3. The summed E-state index contributed by atoms with van der Waals surface area (Å²) < 4.78 is 1.81. The quantitative estimate of drug-likeness (QED) is 0.806. The lowest BCUT2D eigenvalue weighted by molar-refractivity contribution is 0.0954. The number of carbonyl (C=O) groups excluding carboxylic acids is 1. The molecule has 5 nitrogen and oxygen atoms in total. The maximum Gasteiger partial charge on any atom is 0.261 e. The van der Waals surface area contributed by atoms with Crippen LogP contribution in [0, 0.1) is 6.92 Å². The Hall–Kier alpha value is -2.47. The van der Waals surface area contributed by atoms with Crippen LogP contribution in [0.5, 0.6) is 0 Å². The van der Waals surface area contributed by atoms with Crippen molar-refractivity contribution >= 4 is 17.2 Å². The van der Waals surface area contributed by atoms with Crippen LogP contribution < -0.4 is 5.32 Å². The fraction of sp³-hybridized carbons (Fsp3) is 0.188. The van der Waals surface area contributed by atoms with Gasteiger partial charge in [0.15, 0.2) is 0 Å². The van der Waals surface area contributed by atoms with Crippen molar-refractivity contribution in [3.63, 3.8) is 0 Å². The Bertz CT molecular complexity index is 792. The highest BCUT2D eigenvalue weighted by molar-refractivity contribution is 7.12. The van der Waals surface area contributed by atoms with E-state index >= 15 is 0 Å². The third-order valence-electron chi connectivity index (χ3n) is 3.29. The molecule has 112 valence electrons. The number of aryl methyl sites for hydroxylation is 2. The Labute approximate surface area is 132 Å². The first kappa shape index (κ1) is 14.5. The molecular formula is C16H16N4OS. The van der Waals surface area contributed by atoms with E-state index in [0.29, 0.717) is 6.54 Å². The van der Waals surface area contributed by atoms with Crippen molar-refractivity contribution in [3.05, 3.63) is 58.2 Å². The molecule has 1 N–H and O–H groups in total. The fourth-order valence-corrected chi connectivity index (χ4v) is 3.03. The van der Waals surface area contributed by atoms with Crippen LogP contribution in [-0.4, -0.2) is 20.7 Å². The van der Waals surface area contributed by atoms with Crippen LogP contribution in [0.3, 0.4) is 0 Å². The molecule has 0 atom stereocenters. The number of hydrogen-bond donors (Lipinski definition) is 1. The van der Waals surface area contributed by atoms with E-state index in [9.17, 15) is 4.79 Å². The average Bonchev–Trinajstić information content (AvgIpc) is 3.12. The third-order valence-corrected chi connectivity index (χ3v) is 4.34. The van der Waals surface area contributed by atoms with Crippen molar-refractivity contribution in [2.24, 2.45) is 7.05 Å². The van der Waals surface area contributed by atoms with Gasteiger partial charge in [0.2, 0.25) is 0 Å². The van der Waals surface area contributed by atoms with E-state index in [-0.39, 0.29) is 5.91 Å². The van der Waals surface area contributed by atoms with Gasteiger partial charge in [-0.2, -0.15) is 5.10 Å². The fourth-order valence-electron chi connectivity index (χ4n) is 2.21. The van der Waals surface area contributed by atoms with E-state index in [1.165, 1.54) is 11.3 Å². The first-order chi connectivity index (χ1) is 10.6. The molecule has 0 bridgehead atoms. The Balaban J connectivity index is 1.70. The normalized spacial score (nSPS) is 10.6. The highest BCUT2D eigenvalue weighted by Gasteiger charge is 2.11. The van der Waals surface area contributed by atoms with Crippen molar-refractivity contribution in [3.8, 4) is 11.3 Å². The second kappa shape index (κ2) is 6.11. The van der Waals surface area contributed by atoms with Gasteiger partial charge in [0, 0.05) is 25.0 Å². The molecule has 3 aromatic heterocycles. The van der Waals surface area contributed by atoms with E-state index < -0.39 is 0 Å². The van der Waals surface area contributed by atoms with Crippen molar-refractivity contribution in [1.82, 2.24) is 20.1 Å². The predicted octanol–water partition coefficient (Wildman–Crippen LogP) is 2.78. The van der Waals surface area contributed by atoms with Gasteiger partial charge in [-0.1, -0.05) is 0 Å². The third kappa shape index (κ3) is 3.07. The molecule has 3 heterocycles. The molecule has 0 aliphatic heterocycles. The molecule has 3 aromatic rings. The van der Waals surface area contributed by atoms with Crippen molar-refractivity contribution in [2.45, 2.75) is 13.5 Å². The number of amides is 1. The maximum absolute atomic E-state index is 12.0. The molecule has 0 aliphatic carbocycles. The van der Waals surface area contributed by atoms with Crippen LogP contribution >= 0.6 is 11.3 Å². The minimum absolute atomic E-state index is 0.0609. The molecule has 22 heavy (non-hydrogen) atoms. The zero-order chi connectivity index (χ0) is 15.5. The lowest BCUT2D eigenvalue weighted by Crippen LogP contribution is -2.22. The molecule has 0 aliphatic rings. The summed E-state index contributed by atoms with van der Waals surface area (Å²) in [6, 6.07) is 7.75. The molecule has 3 rings (SSSR count). The molecule has 0 radical (unpaired) electrons. The van der Waals surface area contributed by atoms with Gasteiger partial charge in [0.05, 0.1) is 22.8 Å². The summed E-state index contributed by atoms with van der Waals surface area (Å²) in [5.41, 5.74) is 3.99. The number of hydrogen-bond acceptors (Lipinski definition) is 4. The van der Waals surface area contributed by atoms with Crippen LogP contribution in [0.4, 0.5) is 0 Å². The van der Waals surface area contributed by atoms with Crippen LogP contribution in [-0.2, 0) is 13.6 Å². The summed E-state index contributed by atoms with van der Waals surface area (Å²) in [5, 5.41) is 9.32. The summed E-state index contributed by atoms with van der Waals surface area (Å²) in [6.07, 6.45) is 3.51. The summed E-state index contributed by atoms with van der Waals surface area (Å²) in [4.78, 5) is 16.8. The summed E-state index contributed by atoms with van der Waals surface area (Å²) in [7, 11) is 1.89. The molecule has 0 saturated carbocycles. The van der Waals surface area contributed by atoms with Crippen molar-refractivity contribution < 1.29 is 4.79 Å². The first-order valence-electron chi connectivity index (χ1n) is 6.90. The van der Waals surface area contributed by atoms with Gasteiger partial charge in [0.1, 0.15) is 0 Å². The maximum atomic E-state index is 12.0. The Kier molecular flexibility index (Phi) is 4.02. The number of nitrogens with zero attached hydrogens (tertiary/aromatic N) is 3. The van der Waals surface area contributed by atoms with Gasteiger partial charge in [0.25, 0.3) is 5.91 Å². The van der Waals surface area contributed by atoms with Crippen LogP contribution in [0.15, 0.2) is 42.0 Å². The van der Waals surface area contributed by atoms with E-state index in [4.69, 9.17) is 0 Å². The minimum Gasteiger partial charge on any atom is -0.346 e. The van der Waals surface area contributed by atoms with Gasteiger partial charge in [-0.15, -0.1) is 11.3 Å². The number of nitrogens with one attached hydrogen (secondary N) is 1. The van der Waals surface area contributed by atoms with Gasteiger partial charge < -0.3 is 5.32 Å². The molecular weight excluding hydrogens is 296 g/mol. The number of carbonyl (C=O) groups is 1. The second-order valence-electron chi connectivity index (χ2n) is 5.05. The summed E-state index contributed by atoms with van der Waals surface area (Å²) in [5.74, 6) is -0.0609. The number of pyridine rings is 1. The van der Waals surface area contributed by atoms with Crippen molar-refractivity contribution in [1.29, 1.82) is 0 Å². The largest absolute Gasteiger partial charge is 0.346 e. The Morgan fingerprint density at radius 2 is 2.09 bits per heavy atom. The molecule has 0 spiro atoms. The van der Waals surface area contributed by atoms with E-state index in [1.54, 1.807) is 12.4 Å². The minimum atomic E-state index is -0.0609. The Morgan fingerprint density at radius 3 is 2.77 bits per heavy atom. The standard InChI is InChI=1S/C16H16N4OS/c1-11-7-15(22-10-11)16(21)18-9-13-8-14(20(2)19-13)12-3-5-17-6-4-12/h3-8,10H,9H2,1-2H3,(H,18,21). The first-order valence-corrected chi connectivity index (χ1v) is 7.78. The summed E-state index contributed by atoms with van der Waals surface area (Å²) in [6.45, 7) is 2.39. The van der Waals surface area contributed by atoms with Crippen molar-refractivity contribution in [2.75, 3.05) is 0 Å². The van der Waals surface area contributed by atoms with E-state index in [0.717, 1.165) is 27.4 Å². The van der Waals surface area contributed by atoms with Crippen LogP contribution in [0.1, 0.15) is 20.9 Å². The summed E-state index contributed by atoms with van der Waals surface area (Å²) >= 11 is 1.45. The molecule has 0 unspecified atom stereocenters. The van der Waals surface area contributed by atoms with Gasteiger partial charge in [-0.25, -0.2) is 0 Å². The Morgan fingerprint density at radius 1 is 1.32 bits per heavy atom. The molecule has 0 saturated heterocycles. The number of rotatable bonds is 4. The lowest BCUT2D eigenvalue weighted by Gasteiger charge is -2.00. The second-order valence-corrected chi connectivity index (χ2v) is 5.96. The average molecular weight is 312 g/mol. The number of thiophene rings is 1. The van der Waals surface area contributed by atoms with Gasteiger partial charge in [-0.3, -0.25) is 14.5 Å². The predicted molar refractivity (Wildman–Crippen MR) is 86.7 cm³/mol. The zero-order valence-corrected chi connectivity index (χ0v) is 13.2. The van der Waals surface area contributed by atoms with E-state index in [1.807, 2.05) is 48.3 Å². The topological polar surface area (TPSA) is 59.8 Å². The molecule has 1 amide bonds. The van der Waals surface area contributed by atoms with Gasteiger partial charge in [-0.05, 0) is 42.1 Å². The molecule has 6 heteroatoms. The smallest absolute Gasteiger partial charge is 0.261 e. The van der Waals surface area contributed by atoms with Gasteiger partial charge >= 0.3 is 0 Å². The van der Waals surface area contributed by atoms with E-state index in [2.05, 4.69) is 15.4 Å². The zero-order valence-electron chi connectivity index (χ0n) is 12.4. The highest BCUT2D eigenvalue weighted by Crippen LogP contribution is 2.19. The SMILES string of the molecule is Cc1csc(C(=O)NCc2cc(-c3ccncc3)n(C)n2)c1.